The molecule has 0 bridgehead atoms. The molecule has 112 valence electrons. The van der Waals surface area contributed by atoms with Gasteiger partial charge in [-0.3, -0.25) is 4.79 Å². The van der Waals surface area contributed by atoms with E-state index in [2.05, 4.69) is 29.2 Å². The van der Waals surface area contributed by atoms with Crippen molar-refractivity contribution < 1.29 is 0 Å². The zero-order valence-corrected chi connectivity index (χ0v) is 13.4. The van der Waals surface area contributed by atoms with Gasteiger partial charge in [0.25, 0.3) is 5.56 Å². The van der Waals surface area contributed by atoms with Gasteiger partial charge in [-0.1, -0.05) is 11.6 Å². The second kappa shape index (κ2) is 5.74. The predicted octanol–water partition coefficient (Wildman–Crippen LogP) is 2.06. The third kappa shape index (κ3) is 3.52. The standard InChI is InChI=1S/C14H23ClN4O/c1-14(2,18(3)4)9-16-12-11(15)7-17-19(13(12)20)8-10-5-6-10/h7,10,16H,5-6,8-9H2,1-4H3. The Balaban J connectivity index is 2.15. The van der Waals surface area contributed by atoms with E-state index in [0.717, 1.165) is 0 Å². The molecule has 0 amide bonds. The van der Waals surface area contributed by atoms with Crippen molar-refractivity contribution in [2.24, 2.45) is 5.92 Å². The number of nitrogens with zero attached hydrogens (tertiary/aromatic N) is 3. The van der Waals surface area contributed by atoms with Crippen LogP contribution in [0.2, 0.25) is 5.02 Å². The van der Waals surface area contributed by atoms with Gasteiger partial charge >= 0.3 is 0 Å². The summed E-state index contributed by atoms with van der Waals surface area (Å²) in [5.41, 5.74) is 0.261. The van der Waals surface area contributed by atoms with E-state index in [1.165, 1.54) is 17.5 Å². The third-order valence-corrected chi connectivity index (χ3v) is 4.32. The third-order valence-electron chi connectivity index (χ3n) is 4.03. The van der Waals surface area contributed by atoms with Gasteiger partial charge in [-0.05, 0) is 46.7 Å². The highest BCUT2D eigenvalue weighted by Gasteiger charge is 2.25. The number of nitrogens with one attached hydrogen (secondary N) is 1. The average Bonchev–Trinajstić information content (AvgIpc) is 3.16. The van der Waals surface area contributed by atoms with Crippen LogP contribution >= 0.6 is 11.6 Å². The van der Waals surface area contributed by atoms with Gasteiger partial charge in [0, 0.05) is 18.6 Å². The van der Waals surface area contributed by atoms with Crippen molar-refractivity contribution in [1.82, 2.24) is 14.7 Å². The SMILES string of the molecule is CN(C)C(C)(C)CNc1c(Cl)cnn(CC2CC2)c1=O. The monoisotopic (exact) mass is 298 g/mol. The van der Waals surface area contributed by atoms with Gasteiger partial charge in [-0.15, -0.1) is 0 Å². The molecule has 1 aromatic rings. The molecule has 20 heavy (non-hydrogen) atoms. The Morgan fingerprint density at radius 3 is 2.70 bits per heavy atom. The van der Waals surface area contributed by atoms with Crippen molar-refractivity contribution in [2.75, 3.05) is 26.0 Å². The minimum atomic E-state index is -0.126. The number of anilines is 1. The molecule has 5 nitrogen and oxygen atoms in total. The summed E-state index contributed by atoms with van der Waals surface area (Å²) >= 11 is 6.11. The second-order valence-electron chi connectivity index (χ2n) is 6.36. The molecule has 1 aromatic heterocycles. The van der Waals surface area contributed by atoms with Gasteiger partial charge in [0.05, 0.1) is 11.2 Å². The first kappa shape index (κ1) is 15.3. The van der Waals surface area contributed by atoms with Crippen molar-refractivity contribution in [1.29, 1.82) is 0 Å². The van der Waals surface area contributed by atoms with Crippen LogP contribution in [0.25, 0.3) is 0 Å². The molecule has 1 aliphatic rings. The smallest absolute Gasteiger partial charge is 0.291 e. The quantitative estimate of drug-likeness (QED) is 0.873. The molecular formula is C14H23ClN4O. The van der Waals surface area contributed by atoms with Crippen LogP contribution < -0.4 is 10.9 Å². The summed E-state index contributed by atoms with van der Waals surface area (Å²) in [5, 5.41) is 7.70. The van der Waals surface area contributed by atoms with Crippen LogP contribution in [0, 0.1) is 5.92 Å². The largest absolute Gasteiger partial charge is 0.377 e. The van der Waals surface area contributed by atoms with Gasteiger partial charge in [0.2, 0.25) is 0 Å². The Morgan fingerprint density at radius 1 is 1.50 bits per heavy atom. The molecular weight excluding hydrogens is 276 g/mol. The molecule has 1 aliphatic carbocycles. The molecule has 0 atom stereocenters. The lowest BCUT2D eigenvalue weighted by atomic mass is 10.0. The van der Waals surface area contributed by atoms with Gasteiger partial charge in [0.1, 0.15) is 5.69 Å². The van der Waals surface area contributed by atoms with Crippen molar-refractivity contribution >= 4 is 17.3 Å². The summed E-state index contributed by atoms with van der Waals surface area (Å²) in [6.45, 7) is 5.56. The molecule has 1 saturated carbocycles. The number of rotatable bonds is 6. The van der Waals surface area contributed by atoms with Gasteiger partial charge in [-0.25, -0.2) is 4.68 Å². The van der Waals surface area contributed by atoms with Crippen LogP contribution in [0.4, 0.5) is 5.69 Å². The molecule has 0 radical (unpaired) electrons. The number of hydrogen-bond acceptors (Lipinski definition) is 4. The van der Waals surface area contributed by atoms with Crippen molar-refractivity contribution in [2.45, 2.75) is 38.8 Å². The minimum absolute atomic E-state index is 0.0691. The van der Waals surface area contributed by atoms with Crippen LogP contribution in [0.5, 0.6) is 0 Å². The number of aromatic nitrogens is 2. The van der Waals surface area contributed by atoms with Gasteiger partial charge in [-0.2, -0.15) is 5.10 Å². The molecule has 0 unspecified atom stereocenters. The molecule has 0 spiro atoms. The van der Waals surface area contributed by atoms with Crippen LogP contribution in [0.15, 0.2) is 11.0 Å². The van der Waals surface area contributed by atoms with E-state index >= 15 is 0 Å². The first-order valence-corrected chi connectivity index (χ1v) is 7.36. The lowest BCUT2D eigenvalue weighted by Crippen LogP contribution is -2.45. The summed E-state index contributed by atoms with van der Waals surface area (Å²) in [7, 11) is 4.03. The Kier molecular flexibility index (Phi) is 4.39. The topological polar surface area (TPSA) is 50.2 Å². The van der Waals surface area contributed by atoms with E-state index in [-0.39, 0.29) is 11.1 Å². The summed E-state index contributed by atoms with van der Waals surface area (Å²) in [6.07, 6.45) is 3.93. The van der Waals surface area contributed by atoms with Crippen LogP contribution in [0.3, 0.4) is 0 Å². The van der Waals surface area contributed by atoms with Crippen LogP contribution in [-0.4, -0.2) is 40.9 Å². The Labute approximate surface area is 124 Å². The highest BCUT2D eigenvalue weighted by Crippen LogP contribution is 2.30. The Morgan fingerprint density at radius 2 is 2.15 bits per heavy atom. The molecule has 6 heteroatoms. The summed E-state index contributed by atoms with van der Waals surface area (Å²) < 4.78 is 1.52. The summed E-state index contributed by atoms with van der Waals surface area (Å²) in [5.74, 6) is 0.604. The van der Waals surface area contributed by atoms with Crippen LogP contribution in [-0.2, 0) is 6.54 Å². The van der Waals surface area contributed by atoms with E-state index in [4.69, 9.17) is 11.6 Å². The van der Waals surface area contributed by atoms with Crippen molar-refractivity contribution in [3.8, 4) is 0 Å². The van der Waals surface area contributed by atoms with Gasteiger partial charge in [0.15, 0.2) is 0 Å². The first-order valence-electron chi connectivity index (χ1n) is 6.98. The minimum Gasteiger partial charge on any atom is -0.377 e. The number of hydrogen-bond donors (Lipinski definition) is 1. The maximum absolute atomic E-state index is 12.4. The normalized spacial score (nSPS) is 15.7. The molecule has 1 N–H and O–H groups in total. The maximum atomic E-state index is 12.4. The highest BCUT2D eigenvalue weighted by molar-refractivity contribution is 6.32. The molecule has 0 aliphatic heterocycles. The van der Waals surface area contributed by atoms with Crippen molar-refractivity contribution in [3.05, 3.63) is 21.6 Å². The van der Waals surface area contributed by atoms with Crippen molar-refractivity contribution in [3.63, 3.8) is 0 Å². The molecule has 2 rings (SSSR count). The van der Waals surface area contributed by atoms with Crippen LogP contribution in [0.1, 0.15) is 26.7 Å². The van der Waals surface area contributed by atoms with E-state index in [1.807, 2.05) is 14.1 Å². The fourth-order valence-electron chi connectivity index (χ4n) is 1.77. The zero-order valence-electron chi connectivity index (χ0n) is 12.6. The van der Waals surface area contributed by atoms with E-state index in [0.29, 0.717) is 29.7 Å². The lowest BCUT2D eigenvalue weighted by Gasteiger charge is -2.33. The number of halogens is 1. The zero-order chi connectivity index (χ0) is 14.9. The van der Waals surface area contributed by atoms with E-state index in [1.54, 1.807) is 6.20 Å². The first-order chi connectivity index (χ1) is 9.31. The predicted molar refractivity (Wildman–Crippen MR) is 82.5 cm³/mol. The van der Waals surface area contributed by atoms with E-state index < -0.39 is 0 Å². The molecule has 1 fully saturated rings. The maximum Gasteiger partial charge on any atom is 0.291 e. The average molecular weight is 299 g/mol. The molecule has 0 saturated heterocycles. The summed E-state index contributed by atoms with van der Waals surface area (Å²) in [4.78, 5) is 14.5. The Bertz CT molecular complexity index is 534. The Hall–Kier alpha value is -1.07. The lowest BCUT2D eigenvalue weighted by molar-refractivity contribution is 0.210. The fraction of sp³-hybridized carbons (Fsp3) is 0.714. The van der Waals surface area contributed by atoms with E-state index in [9.17, 15) is 4.79 Å². The highest BCUT2D eigenvalue weighted by atomic mass is 35.5. The second-order valence-corrected chi connectivity index (χ2v) is 6.77. The molecule has 0 aromatic carbocycles. The number of likely N-dealkylation sites (N-methyl/N-ethyl adjacent to an activating group) is 1. The summed E-state index contributed by atoms with van der Waals surface area (Å²) in [6, 6.07) is 0. The molecule has 1 heterocycles. The fourth-order valence-corrected chi connectivity index (χ4v) is 1.96. The van der Waals surface area contributed by atoms with Gasteiger partial charge < -0.3 is 10.2 Å².